The Morgan fingerprint density at radius 3 is 1.84 bits per heavy atom. The number of hydrogen-bond acceptors (Lipinski definition) is 0. The van der Waals surface area contributed by atoms with Crippen molar-refractivity contribution >= 4 is 27.0 Å². The Kier molecular flexibility index (Phi) is 14.6. The van der Waals surface area contributed by atoms with Crippen molar-refractivity contribution in [3.05, 3.63) is 130 Å². The van der Waals surface area contributed by atoms with E-state index < -0.39 is 0 Å². The molecule has 0 radical (unpaired) electrons. The molecule has 44 heavy (non-hydrogen) atoms. The minimum Gasteiger partial charge on any atom is -1.00 e. The van der Waals surface area contributed by atoms with Gasteiger partial charge in [0.25, 0.3) is 0 Å². The summed E-state index contributed by atoms with van der Waals surface area (Å²) in [5.74, 6) is 0.584. The van der Waals surface area contributed by atoms with E-state index in [9.17, 15) is 0 Å². The zero-order chi connectivity index (χ0) is 30.6. The zero-order valence-electron chi connectivity index (χ0n) is 27.6. The fourth-order valence-corrected chi connectivity index (χ4v) is 5.87. The molecule has 228 valence electrons. The molecule has 0 saturated carbocycles. The third-order valence-corrected chi connectivity index (χ3v) is 7.72. The van der Waals surface area contributed by atoms with Crippen LogP contribution in [0.15, 0.2) is 97.1 Å². The van der Waals surface area contributed by atoms with Crippen molar-refractivity contribution < 1.29 is 48.1 Å². The molecule has 0 nitrogen and oxygen atoms in total. The van der Waals surface area contributed by atoms with Gasteiger partial charge < -0.3 is 24.8 Å². The second kappa shape index (κ2) is 16.9. The number of halogens is 2. The van der Waals surface area contributed by atoms with Crippen molar-refractivity contribution in [2.24, 2.45) is 0 Å². The van der Waals surface area contributed by atoms with Crippen LogP contribution in [0.5, 0.6) is 0 Å². The molecule has 0 spiro atoms. The number of aryl methyl sites for hydroxylation is 5. The Hall–Kier alpha value is -2.22. The standard InChI is InChI=1S/C20H21.C18H17.C2H6Si.2ClH.Zr/c1-12-8-15(4)20(16(5)9-12)17-7-6-14(3)18-10-13(2)11-19(17)18;1-13(2)16-11-15-9-6-10-17(18(15)12-16)14-7-4-3-5-8-14;1-3-2;;;/h6-11H,1-5H3;3-13H,1-2H3;1-2H3;2*1H;/q2*-1;;;;+2/p-2. The first kappa shape index (κ1) is 38.0. The maximum atomic E-state index is 2.34. The van der Waals surface area contributed by atoms with Crippen LogP contribution < -0.4 is 24.8 Å². The first-order valence-corrected chi connectivity index (χ1v) is 21.2. The maximum absolute atomic E-state index is 2.34. The molecule has 6 aromatic rings. The molecule has 0 aromatic heterocycles. The average molecular weight is 715 g/mol. The number of hydrogen-bond donors (Lipinski definition) is 0. The SMILES string of the molecule is CC(C)c1cc2c(-c3ccccc3)cccc2[cH-]1.C[Si](C)=[Zr+2].Cc1cc(C)c(-c2ccc(C)c3[cH-]c(C)cc23)c(C)c1.[Cl-].[Cl-]. The smallest absolute Gasteiger partial charge is 0.0220 e. The second-order valence-corrected chi connectivity index (χ2v) is 21.6. The summed E-state index contributed by atoms with van der Waals surface area (Å²) < 4.78 is 0. The molecular weight excluding hydrogens is 671 g/mol. The van der Waals surface area contributed by atoms with Crippen LogP contribution in [0.1, 0.15) is 53.1 Å². The summed E-state index contributed by atoms with van der Waals surface area (Å²) in [6.07, 6.45) is 0. The summed E-state index contributed by atoms with van der Waals surface area (Å²) in [6.45, 7) is 20.1. The van der Waals surface area contributed by atoms with Crippen molar-refractivity contribution in [2.45, 2.75) is 67.5 Å². The second-order valence-electron chi connectivity index (χ2n) is 12.2. The largest absolute Gasteiger partial charge is 1.00 e. The van der Waals surface area contributed by atoms with Crippen molar-refractivity contribution in [3.63, 3.8) is 0 Å². The minimum absolute atomic E-state index is 0. The molecule has 0 unspecified atom stereocenters. The molecule has 0 aliphatic rings. The van der Waals surface area contributed by atoms with Crippen molar-refractivity contribution in [1.82, 2.24) is 0 Å². The van der Waals surface area contributed by atoms with Gasteiger partial charge in [0.1, 0.15) is 0 Å². The molecule has 0 amide bonds. The Morgan fingerprint density at radius 2 is 1.25 bits per heavy atom. The topological polar surface area (TPSA) is 0 Å². The minimum atomic E-state index is 0. The summed E-state index contributed by atoms with van der Waals surface area (Å²) in [4.78, 5) is 0. The van der Waals surface area contributed by atoms with Crippen molar-refractivity contribution in [2.75, 3.05) is 0 Å². The Labute approximate surface area is 293 Å². The Morgan fingerprint density at radius 1 is 0.636 bits per heavy atom. The van der Waals surface area contributed by atoms with Gasteiger partial charge in [0.15, 0.2) is 0 Å². The van der Waals surface area contributed by atoms with Gasteiger partial charge in [-0.2, -0.15) is 12.1 Å². The number of rotatable bonds is 3. The van der Waals surface area contributed by atoms with Gasteiger partial charge in [-0.1, -0.05) is 99.0 Å². The average Bonchev–Trinajstić information content (AvgIpc) is 3.54. The van der Waals surface area contributed by atoms with Crippen molar-refractivity contribution in [3.8, 4) is 22.3 Å². The molecule has 0 aliphatic heterocycles. The number of fused-ring (bicyclic) bond motifs is 2. The zero-order valence-corrected chi connectivity index (χ0v) is 32.5. The van der Waals surface area contributed by atoms with E-state index in [1.807, 2.05) is 0 Å². The predicted octanol–water partition coefficient (Wildman–Crippen LogP) is 5.91. The van der Waals surface area contributed by atoms with Crippen LogP contribution >= 0.6 is 0 Å². The summed E-state index contributed by atoms with van der Waals surface area (Å²) in [5, 5.41) is 5.49. The molecule has 0 aliphatic carbocycles. The quantitative estimate of drug-likeness (QED) is 0.158. The van der Waals surface area contributed by atoms with E-state index in [0.717, 1.165) is 0 Å². The van der Waals surface area contributed by atoms with Gasteiger partial charge in [-0.05, 0) is 48.9 Å². The summed E-state index contributed by atoms with van der Waals surface area (Å²) in [6, 6.07) is 35.5. The molecule has 0 heterocycles. The van der Waals surface area contributed by atoms with E-state index in [2.05, 4.69) is 159 Å². The normalized spacial score (nSPS) is 10.4. The Balaban J connectivity index is 0.000000264. The van der Waals surface area contributed by atoms with Crippen molar-refractivity contribution in [1.29, 1.82) is 0 Å². The first-order valence-electron chi connectivity index (χ1n) is 15.0. The van der Waals surface area contributed by atoms with Gasteiger partial charge in [0, 0.05) is 0 Å². The van der Waals surface area contributed by atoms with Crippen LogP contribution in [0, 0.1) is 34.6 Å². The predicted molar refractivity (Wildman–Crippen MR) is 185 cm³/mol. The van der Waals surface area contributed by atoms with Crippen LogP contribution in [0.2, 0.25) is 13.1 Å². The van der Waals surface area contributed by atoms with Gasteiger partial charge in [0.2, 0.25) is 0 Å². The maximum Gasteiger partial charge on any atom is -0.0220 e. The van der Waals surface area contributed by atoms with Gasteiger partial charge in [-0.25, -0.2) is 0 Å². The summed E-state index contributed by atoms with van der Waals surface area (Å²) >= 11 is 1.74. The molecule has 0 bridgehead atoms. The first-order chi connectivity index (χ1) is 20.0. The monoisotopic (exact) mass is 712 g/mol. The summed E-state index contributed by atoms with van der Waals surface area (Å²) in [7, 11) is 0. The van der Waals surface area contributed by atoms with Crippen LogP contribution in [-0.2, 0) is 23.3 Å². The third kappa shape index (κ3) is 9.17. The fraction of sp³-hybridized carbons (Fsp3) is 0.250. The Bertz CT molecular complexity index is 1810. The van der Waals surface area contributed by atoms with Gasteiger partial charge in [0.05, 0.1) is 0 Å². The van der Waals surface area contributed by atoms with Crippen LogP contribution in [0.3, 0.4) is 0 Å². The third-order valence-electron chi connectivity index (χ3n) is 7.72. The molecule has 0 saturated heterocycles. The molecule has 0 atom stereocenters. The van der Waals surface area contributed by atoms with Gasteiger partial charge >= 0.3 is 41.9 Å². The molecule has 6 aromatic carbocycles. The molecule has 4 heteroatoms. The van der Waals surface area contributed by atoms with E-state index in [0.29, 0.717) is 5.92 Å². The van der Waals surface area contributed by atoms with Crippen LogP contribution in [0.4, 0.5) is 0 Å². The van der Waals surface area contributed by atoms with Crippen LogP contribution in [0.25, 0.3) is 43.8 Å². The van der Waals surface area contributed by atoms with E-state index >= 15 is 0 Å². The van der Waals surface area contributed by atoms with Gasteiger partial charge in [-0.15, -0.1) is 68.6 Å². The molecule has 0 fully saturated rings. The molecular formula is C40H44Cl2SiZr-2. The van der Waals surface area contributed by atoms with E-state index in [-0.39, 0.29) is 30.2 Å². The molecule has 6 rings (SSSR count). The van der Waals surface area contributed by atoms with E-state index in [1.165, 1.54) is 77.2 Å². The summed E-state index contributed by atoms with van der Waals surface area (Å²) in [5.41, 5.74) is 13.8. The number of benzene rings is 4. The molecule has 0 N–H and O–H groups in total. The van der Waals surface area contributed by atoms with Crippen LogP contribution in [-0.4, -0.2) is 5.43 Å². The fourth-order valence-electron chi connectivity index (χ4n) is 5.87. The van der Waals surface area contributed by atoms with Gasteiger partial charge in [-0.3, -0.25) is 0 Å². The van der Waals surface area contributed by atoms with E-state index in [1.54, 1.807) is 23.3 Å². The van der Waals surface area contributed by atoms with E-state index in [4.69, 9.17) is 0 Å².